The number of aromatic nitrogens is 4. The number of nitrogens with zero attached hydrogens (tertiary/aromatic N) is 5. The number of carbonyl (C=O) groups is 1. The molecular weight excluding hydrogens is 613 g/mol. The minimum atomic E-state index is -2.29. The normalized spacial score (nSPS) is 21.8. The van der Waals surface area contributed by atoms with Gasteiger partial charge in [-0.15, -0.1) is 0 Å². The molecule has 1 fully saturated rings. The van der Waals surface area contributed by atoms with Crippen LogP contribution in [0.3, 0.4) is 0 Å². The van der Waals surface area contributed by atoms with Gasteiger partial charge in [0, 0.05) is 23.9 Å². The molecule has 1 aliphatic rings. The monoisotopic (exact) mass is 665 g/mol. The molecule has 13 nitrogen and oxygen atoms in total. The molecular formula is C30H52N7O6PSi. The maximum atomic E-state index is 13.0. The number of aromatic amines is 1. The number of amides is 1. The Bertz CT molecular complexity index is 1390. The van der Waals surface area contributed by atoms with Gasteiger partial charge in [0.2, 0.25) is 11.9 Å². The molecule has 45 heavy (non-hydrogen) atoms. The van der Waals surface area contributed by atoms with Crippen molar-refractivity contribution < 1.29 is 23.0 Å². The number of ether oxygens (including phenoxy) is 1. The standard InChI is InChI=1S/C30H52N7O6PSi/c1-18(2)26(38)34-29-33-25-23(27(39)35-29)32-17-36(25)28-24(43-45(11,12)30(8,9)10)21(7)22(42-28)16-41-44(40-15-13-14-31)37(19(3)4)20(5)6/h17-22,24,28H,13,15-16H2,1-12H3,(H2,33,34,35,38,39)/t21-,22-,24-,28-,44?/m1/s1. The van der Waals surface area contributed by atoms with E-state index >= 15 is 0 Å². The van der Waals surface area contributed by atoms with Gasteiger partial charge in [0.15, 0.2) is 25.7 Å². The Balaban J connectivity index is 2.00. The van der Waals surface area contributed by atoms with E-state index in [4.69, 9.17) is 23.5 Å². The van der Waals surface area contributed by atoms with Crippen molar-refractivity contribution in [2.45, 2.75) is 124 Å². The van der Waals surface area contributed by atoms with E-state index in [-0.39, 0.29) is 77.7 Å². The highest BCUT2D eigenvalue weighted by Gasteiger charge is 2.50. The predicted molar refractivity (Wildman–Crippen MR) is 178 cm³/mol. The first kappa shape index (κ1) is 37.2. The lowest BCUT2D eigenvalue weighted by molar-refractivity contribution is -0.118. The van der Waals surface area contributed by atoms with Crippen LogP contribution in [0.5, 0.6) is 0 Å². The zero-order valence-corrected chi connectivity index (χ0v) is 30.8. The van der Waals surface area contributed by atoms with Crippen LogP contribution in [0.2, 0.25) is 18.1 Å². The van der Waals surface area contributed by atoms with Crippen LogP contribution in [0.1, 0.15) is 81.9 Å². The van der Waals surface area contributed by atoms with E-state index in [9.17, 15) is 9.59 Å². The zero-order chi connectivity index (χ0) is 33.9. The lowest BCUT2D eigenvalue weighted by Crippen LogP contribution is -2.47. The van der Waals surface area contributed by atoms with E-state index in [2.05, 4.69) is 99.5 Å². The van der Waals surface area contributed by atoms with Crippen LogP contribution in [0.25, 0.3) is 11.2 Å². The fourth-order valence-corrected chi connectivity index (χ4v) is 7.81. The number of imidazole rings is 1. The Morgan fingerprint density at radius 1 is 1.22 bits per heavy atom. The van der Waals surface area contributed by atoms with Gasteiger partial charge in [-0.05, 0) is 45.8 Å². The number of nitrogens with one attached hydrogen (secondary N) is 2. The molecule has 1 unspecified atom stereocenters. The molecule has 2 aromatic heterocycles. The van der Waals surface area contributed by atoms with Crippen molar-refractivity contribution in [2.24, 2.45) is 11.8 Å². The highest BCUT2D eigenvalue weighted by molar-refractivity contribution is 7.44. The van der Waals surface area contributed by atoms with Gasteiger partial charge in [-0.25, -0.2) is 9.65 Å². The molecule has 0 aliphatic carbocycles. The SMILES string of the molecule is CC(C)C(=O)Nc1nc2c(ncn2[C@@H]2O[C@H](COP(OCCC#N)N(C(C)C)C(C)C)[C@@H](C)[C@H]2O[Si](C)(C)C(C)(C)C)c(=O)[nH]1. The first-order valence-electron chi connectivity index (χ1n) is 15.7. The molecule has 5 atom stereocenters. The Morgan fingerprint density at radius 3 is 2.42 bits per heavy atom. The van der Waals surface area contributed by atoms with E-state index in [0.29, 0.717) is 0 Å². The van der Waals surface area contributed by atoms with Gasteiger partial charge >= 0.3 is 0 Å². The number of anilines is 1. The molecule has 252 valence electrons. The van der Waals surface area contributed by atoms with Crippen LogP contribution in [-0.4, -0.2) is 75.9 Å². The van der Waals surface area contributed by atoms with Gasteiger partial charge in [0.05, 0.1) is 44.2 Å². The van der Waals surface area contributed by atoms with Crippen molar-refractivity contribution in [3.63, 3.8) is 0 Å². The maximum Gasteiger partial charge on any atom is 0.280 e. The number of H-pyrrole nitrogens is 1. The van der Waals surface area contributed by atoms with Crippen molar-refractivity contribution in [3.8, 4) is 6.07 Å². The molecule has 1 amide bonds. The van der Waals surface area contributed by atoms with Crippen LogP contribution in [0, 0.1) is 23.2 Å². The predicted octanol–water partition coefficient (Wildman–Crippen LogP) is 5.93. The fourth-order valence-electron chi connectivity index (χ4n) is 4.83. The zero-order valence-electron chi connectivity index (χ0n) is 28.9. The van der Waals surface area contributed by atoms with Crippen molar-refractivity contribution >= 4 is 39.9 Å². The number of fused-ring (bicyclic) bond motifs is 1. The fraction of sp³-hybridized carbons (Fsp3) is 0.767. The number of rotatable bonds is 14. The molecule has 0 saturated carbocycles. The van der Waals surface area contributed by atoms with E-state index < -0.39 is 34.7 Å². The highest BCUT2D eigenvalue weighted by atomic mass is 31.2. The van der Waals surface area contributed by atoms with Gasteiger partial charge in [-0.1, -0.05) is 41.5 Å². The lowest BCUT2D eigenvalue weighted by Gasteiger charge is -2.40. The number of hydrogen-bond acceptors (Lipinski definition) is 10. The first-order chi connectivity index (χ1) is 20.9. The second kappa shape index (κ2) is 15.1. The van der Waals surface area contributed by atoms with Crippen molar-refractivity contribution in [1.82, 2.24) is 24.2 Å². The minimum Gasteiger partial charge on any atom is -0.409 e. The summed E-state index contributed by atoms with van der Waals surface area (Å²) in [6.45, 7) is 25.4. The molecule has 0 bridgehead atoms. The number of hydrogen-bond donors (Lipinski definition) is 2. The summed E-state index contributed by atoms with van der Waals surface area (Å²) >= 11 is 0. The molecule has 3 rings (SSSR count). The van der Waals surface area contributed by atoms with Gasteiger partial charge in [-0.3, -0.25) is 24.5 Å². The third-order valence-electron chi connectivity index (χ3n) is 8.42. The summed E-state index contributed by atoms with van der Waals surface area (Å²) in [5.41, 5.74) is -0.0417. The third kappa shape index (κ3) is 8.77. The lowest BCUT2D eigenvalue weighted by atomic mass is 10.0. The van der Waals surface area contributed by atoms with E-state index in [0.717, 1.165) is 0 Å². The van der Waals surface area contributed by atoms with Crippen molar-refractivity contribution in [3.05, 3.63) is 16.7 Å². The molecule has 0 radical (unpaired) electrons. The van der Waals surface area contributed by atoms with Crippen LogP contribution >= 0.6 is 8.53 Å². The summed E-state index contributed by atoms with van der Waals surface area (Å²) in [5.74, 6) is -0.625. The molecule has 15 heteroatoms. The summed E-state index contributed by atoms with van der Waals surface area (Å²) in [7, 11) is -3.76. The Kier molecular flexibility index (Phi) is 12.5. The van der Waals surface area contributed by atoms with Crippen LogP contribution in [0.4, 0.5) is 5.95 Å². The van der Waals surface area contributed by atoms with Gasteiger partial charge < -0.3 is 18.2 Å². The van der Waals surface area contributed by atoms with Crippen LogP contribution < -0.4 is 10.9 Å². The maximum absolute atomic E-state index is 13.0. The highest BCUT2D eigenvalue weighted by Crippen LogP contribution is 2.48. The third-order valence-corrected chi connectivity index (χ3v) is 15.0. The smallest absolute Gasteiger partial charge is 0.280 e. The second-order valence-electron chi connectivity index (χ2n) is 14.0. The first-order valence-corrected chi connectivity index (χ1v) is 19.8. The van der Waals surface area contributed by atoms with Crippen molar-refractivity contribution in [1.29, 1.82) is 5.26 Å². The molecule has 2 aromatic rings. The van der Waals surface area contributed by atoms with Crippen molar-refractivity contribution in [2.75, 3.05) is 18.5 Å². The van der Waals surface area contributed by atoms with E-state index in [1.54, 1.807) is 24.7 Å². The minimum absolute atomic E-state index is 0.0448. The Labute approximate surface area is 269 Å². The van der Waals surface area contributed by atoms with E-state index in [1.807, 2.05) is 0 Å². The average Bonchev–Trinajstić information content (AvgIpc) is 3.47. The largest absolute Gasteiger partial charge is 0.409 e. The molecule has 1 saturated heterocycles. The van der Waals surface area contributed by atoms with Gasteiger partial charge in [0.25, 0.3) is 14.1 Å². The summed E-state index contributed by atoms with van der Waals surface area (Å²) in [6.07, 6.45) is 0.374. The Morgan fingerprint density at radius 2 is 1.87 bits per heavy atom. The summed E-state index contributed by atoms with van der Waals surface area (Å²) in [6, 6.07) is 2.46. The number of carbonyl (C=O) groups excluding carboxylic acids is 1. The van der Waals surface area contributed by atoms with Gasteiger partial charge in [-0.2, -0.15) is 10.2 Å². The average molecular weight is 666 g/mol. The van der Waals surface area contributed by atoms with Crippen LogP contribution in [0.15, 0.2) is 11.1 Å². The van der Waals surface area contributed by atoms with Gasteiger partial charge in [0.1, 0.15) is 0 Å². The molecule has 0 aromatic carbocycles. The molecule has 3 heterocycles. The summed E-state index contributed by atoms with van der Waals surface area (Å²) in [5, 5.41) is 11.7. The Hall–Kier alpha value is -2.24. The number of nitriles is 1. The summed E-state index contributed by atoms with van der Waals surface area (Å²) < 4.78 is 30.2. The molecule has 2 N–H and O–H groups in total. The van der Waals surface area contributed by atoms with E-state index in [1.165, 1.54) is 0 Å². The topological polar surface area (TPSA) is 157 Å². The quantitative estimate of drug-likeness (QED) is 0.141. The molecule has 0 spiro atoms. The summed E-state index contributed by atoms with van der Waals surface area (Å²) in [4.78, 5) is 36.9. The second-order valence-corrected chi connectivity index (χ2v) is 20.2. The molecule has 1 aliphatic heterocycles. The van der Waals surface area contributed by atoms with Crippen LogP contribution in [-0.2, 0) is 23.0 Å².